The number of hydrogen-bond acceptors (Lipinski definition) is 5. The average molecular weight is 246 g/mol. The molecule has 1 aliphatic heterocycles. The summed E-state index contributed by atoms with van der Waals surface area (Å²) in [6, 6.07) is 0.873. The van der Waals surface area contributed by atoms with Gasteiger partial charge >= 0.3 is 0 Å². The third-order valence-corrected chi connectivity index (χ3v) is 3.61. The third kappa shape index (κ3) is 1.92. The Labute approximate surface area is 106 Å². The maximum absolute atomic E-state index is 4.35. The lowest BCUT2D eigenvalue weighted by Gasteiger charge is -2.31. The van der Waals surface area contributed by atoms with Gasteiger partial charge in [0.1, 0.15) is 12.1 Å². The largest absolute Gasteiger partial charge is 0.365 e. The van der Waals surface area contributed by atoms with Gasteiger partial charge in [-0.05, 0) is 26.3 Å². The minimum atomic E-state index is 0.414. The molecule has 1 aliphatic rings. The summed E-state index contributed by atoms with van der Waals surface area (Å²) in [7, 11) is 1.89. The van der Waals surface area contributed by atoms with E-state index in [2.05, 4.69) is 32.6 Å². The zero-order valence-electron chi connectivity index (χ0n) is 10.7. The molecule has 0 spiro atoms. The van der Waals surface area contributed by atoms with Gasteiger partial charge in [0.05, 0.1) is 11.6 Å². The van der Waals surface area contributed by atoms with Crippen LogP contribution in [0.25, 0.3) is 11.0 Å². The lowest BCUT2D eigenvalue weighted by atomic mass is 10.00. The molecule has 6 nitrogen and oxygen atoms in total. The van der Waals surface area contributed by atoms with Crippen molar-refractivity contribution in [3.05, 3.63) is 12.5 Å². The predicted molar refractivity (Wildman–Crippen MR) is 70.4 cm³/mol. The number of piperidine rings is 1. The van der Waals surface area contributed by atoms with Crippen LogP contribution in [0, 0.1) is 0 Å². The smallest absolute Gasteiger partial charge is 0.163 e. The predicted octanol–water partition coefficient (Wildman–Crippen LogP) is 0.916. The van der Waals surface area contributed by atoms with Crippen LogP contribution in [0.4, 0.5) is 5.82 Å². The number of nitrogens with one attached hydrogen (secondary N) is 2. The topological polar surface area (TPSA) is 67.7 Å². The maximum atomic E-state index is 4.35. The number of fused-ring (bicyclic) bond motifs is 1. The number of anilines is 1. The van der Waals surface area contributed by atoms with E-state index in [1.165, 1.54) is 12.8 Å². The number of nitrogens with zero attached hydrogens (tertiary/aromatic N) is 4. The quantitative estimate of drug-likeness (QED) is 0.824. The van der Waals surface area contributed by atoms with Crippen LogP contribution in [0.1, 0.15) is 19.8 Å². The number of rotatable bonds is 2. The Hall–Kier alpha value is -1.69. The van der Waals surface area contributed by atoms with Crippen molar-refractivity contribution in [2.45, 2.75) is 31.8 Å². The van der Waals surface area contributed by atoms with Gasteiger partial charge in [-0.25, -0.2) is 9.97 Å². The van der Waals surface area contributed by atoms with Crippen molar-refractivity contribution in [1.82, 2.24) is 25.1 Å². The average Bonchev–Trinajstić information content (AvgIpc) is 2.76. The Morgan fingerprint density at radius 2 is 2.33 bits per heavy atom. The van der Waals surface area contributed by atoms with E-state index in [9.17, 15) is 0 Å². The molecule has 2 unspecified atom stereocenters. The Bertz CT molecular complexity index is 548. The second-order valence-electron chi connectivity index (χ2n) is 4.86. The molecule has 2 aromatic heterocycles. The van der Waals surface area contributed by atoms with Crippen molar-refractivity contribution >= 4 is 16.9 Å². The number of aryl methyl sites for hydroxylation is 1. The molecule has 0 saturated carbocycles. The molecule has 2 aromatic rings. The van der Waals surface area contributed by atoms with Crippen LogP contribution < -0.4 is 10.6 Å². The Morgan fingerprint density at radius 1 is 1.44 bits per heavy atom. The van der Waals surface area contributed by atoms with Gasteiger partial charge in [-0.1, -0.05) is 0 Å². The lowest BCUT2D eigenvalue weighted by Crippen LogP contribution is -2.46. The highest BCUT2D eigenvalue weighted by Gasteiger charge is 2.21. The van der Waals surface area contributed by atoms with Crippen molar-refractivity contribution in [3.8, 4) is 0 Å². The van der Waals surface area contributed by atoms with Crippen LogP contribution in [0.3, 0.4) is 0 Å². The zero-order chi connectivity index (χ0) is 12.5. The first-order valence-corrected chi connectivity index (χ1v) is 6.38. The maximum Gasteiger partial charge on any atom is 0.163 e. The molecule has 2 atom stereocenters. The van der Waals surface area contributed by atoms with Crippen molar-refractivity contribution in [2.24, 2.45) is 7.05 Å². The summed E-state index contributed by atoms with van der Waals surface area (Å²) in [6.45, 7) is 3.31. The van der Waals surface area contributed by atoms with Gasteiger partial charge in [0.2, 0.25) is 0 Å². The lowest BCUT2D eigenvalue weighted by molar-refractivity contribution is 0.389. The van der Waals surface area contributed by atoms with Gasteiger partial charge < -0.3 is 10.6 Å². The minimum absolute atomic E-state index is 0.414. The van der Waals surface area contributed by atoms with E-state index in [1.807, 2.05) is 13.2 Å². The Morgan fingerprint density at radius 3 is 3.17 bits per heavy atom. The van der Waals surface area contributed by atoms with Gasteiger partial charge in [-0.15, -0.1) is 0 Å². The molecule has 3 rings (SSSR count). The van der Waals surface area contributed by atoms with Crippen molar-refractivity contribution < 1.29 is 0 Å². The van der Waals surface area contributed by atoms with E-state index in [1.54, 1.807) is 11.0 Å². The first-order valence-electron chi connectivity index (χ1n) is 6.38. The van der Waals surface area contributed by atoms with Crippen LogP contribution in [-0.4, -0.2) is 38.4 Å². The Kier molecular flexibility index (Phi) is 2.87. The SMILES string of the molecule is CC1NCCCC1Nc1ncnc2c1cnn2C. The molecular formula is C12H18N6. The summed E-state index contributed by atoms with van der Waals surface area (Å²) in [4.78, 5) is 8.59. The molecule has 0 bridgehead atoms. The number of aromatic nitrogens is 4. The van der Waals surface area contributed by atoms with Crippen molar-refractivity contribution in [2.75, 3.05) is 11.9 Å². The van der Waals surface area contributed by atoms with Gasteiger partial charge in [0.15, 0.2) is 5.65 Å². The monoisotopic (exact) mass is 246 g/mol. The molecule has 18 heavy (non-hydrogen) atoms. The molecule has 0 amide bonds. The zero-order valence-corrected chi connectivity index (χ0v) is 10.7. The fraction of sp³-hybridized carbons (Fsp3) is 0.583. The van der Waals surface area contributed by atoms with Crippen LogP contribution in [0.15, 0.2) is 12.5 Å². The van der Waals surface area contributed by atoms with Gasteiger partial charge in [0, 0.05) is 19.1 Å². The summed E-state index contributed by atoms with van der Waals surface area (Å²) in [5.41, 5.74) is 0.865. The molecule has 96 valence electrons. The van der Waals surface area contributed by atoms with Gasteiger partial charge in [-0.2, -0.15) is 5.10 Å². The molecule has 1 fully saturated rings. The molecule has 1 saturated heterocycles. The fourth-order valence-electron chi connectivity index (χ4n) is 2.49. The highest BCUT2D eigenvalue weighted by Crippen LogP contribution is 2.21. The summed E-state index contributed by atoms with van der Waals surface area (Å²) >= 11 is 0. The molecule has 0 radical (unpaired) electrons. The third-order valence-electron chi connectivity index (χ3n) is 3.61. The molecule has 2 N–H and O–H groups in total. The Balaban J connectivity index is 1.90. The molecule has 6 heteroatoms. The van der Waals surface area contributed by atoms with E-state index in [0.29, 0.717) is 12.1 Å². The molecular weight excluding hydrogens is 228 g/mol. The second-order valence-corrected chi connectivity index (χ2v) is 4.86. The van der Waals surface area contributed by atoms with Crippen molar-refractivity contribution in [3.63, 3.8) is 0 Å². The second kappa shape index (κ2) is 4.53. The fourth-order valence-corrected chi connectivity index (χ4v) is 2.49. The highest BCUT2D eigenvalue weighted by molar-refractivity contribution is 5.86. The summed E-state index contributed by atoms with van der Waals surface area (Å²) in [6.07, 6.45) is 5.77. The minimum Gasteiger partial charge on any atom is -0.365 e. The summed E-state index contributed by atoms with van der Waals surface area (Å²) < 4.78 is 1.77. The van der Waals surface area contributed by atoms with E-state index in [4.69, 9.17) is 0 Å². The van der Waals surface area contributed by atoms with E-state index in [-0.39, 0.29) is 0 Å². The first kappa shape index (κ1) is 11.4. The normalized spacial score (nSPS) is 24.3. The van der Waals surface area contributed by atoms with Gasteiger partial charge in [-0.3, -0.25) is 4.68 Å². The molecule has 0 aromatic carbocycles. The van der Waals surface area contributed by atoms with Gasteiger partial charge in [0.25, 0.3) is 0 Å². The first-order chi connectivity index (χ1) is 8.75. The summed E-state index contributed by atoms with van der Waals surface area (Å²) in [5, 5.41) is 12.2. The molecule has 3 heterocycles. The standard InChI is InChI=1S/C12H18N6/c1-8-10(4-3-5-13-8)17-11-9-6-16-18(2)12(9)15-7-14-11/h6-8,10,13H,3-5H2,1-2H3,(H,14,15,17). The van der Waals surface area contributed by atoms with Crippen LogP contribution in [0.5, 0.6) is 0 Å². The van der Waals surface area contributed by atoms with E-state index >= 15 is 0 Å². The van der Waals surface area contributed by atoms with E-state index in [0.717, 1.165) is 23.4 Å². The molecule has 0 aliphatic carbocycles. The van der Waals surface area contributed by atoms with Crippen LogP contribution in [-0.2, 0) is 7.05 Å². The highest BCUT2D eigenvalue weighted by atomic mass is 15.3. The number of hydrogen-bond donors (Lipinski definition) is 2. The summed E-state index contributed by atoms with van der Waals surface area (Å²) in [5.74, 6) is 0.883. The van der Waals surface area contributed by atoms with Crippen LogP contribution >= 0.6 is 0 Å². The van der Waals surface area contributed by atoms with Crippen LogP contribution in [0.2, 0.25) is 0 Å². The van der Waals surface area contributed by atoms with E-state index < -0.39 is 0 Å². The van der Waals surface area contributed by atoms with Crippen molar-refractivity contribution in [1.29, 1.82) is 0 Å².